The third-order valence-electron chi connectivity index (χ3n) is 4.00. The van der Waals surface area contributed by atoms with Crippen LogP contribution in [0.2, 0.25) is 0 Å². The fraction of sp³-hybridized carbons (Fsp3) is 0.429. The maximum atomic E-state index is 11.9. The number of carboxylic acids is 1. The quantitative estimate of drug-likeness (QED) is 0.0807. The average Bonchev–Trinajstić information content (AvgIpc) is 2.69. The summed E-state index contributed by atoms with van der Waals surface area (Å²) in [5.41, 5.74) is 2.72. The van der Waals surface area contributed by atoms with E-state index < -0.39 is 39.5 Å². The minimum Gasteiger partial charge on any atom is -0.478 e. The van der Waals surface area contributed by atoms with Crippen LogP contribution >= 0.6 is 15.2 Å². The monoisotopic (exact) mass is 538 g/mol. The van der Waals surface area contributed by atoms with Crippen molar-refractivity contribution in [3.63, 3.8) is 0 Å². The molecule has 0 saturated heterocycles. The summed E-state index contributed by atoms with van der Waals surface area (Å²) in [5, 5.41) is 8.31. The first-order valence-corrected chi connectivity index (χ1v) is 13.7. The molecule has 0 saturated carbocycles. The molecule has 14 heteroatoms. The molecule has 0 aliphatic carbocycles. The molecule has 0 unspecified atom stereocenters. The fourth-order valence-electron chi connectivity index (χ4n) is 2.37. The predicted octanol–water partition coefficient (Wildman–Crippen LogP) is 2.09. The number of benzene rings is 1. The molecular weight excluding hydrogens is 506 g/mol. The van der Waals surface area contributed by atoms with Crippen LogP contribution in [0.5, 0.6) is 5.75 Å². The molecule has 0 heterocycles. The number of hydrogen-bond acceptors (Lipinski definition) is 7. The van der Waals surface area contributed by atoms with Gasteiger partial charge in [-0.05, 0) is 31.9 Å². The van der Waals surface area contributed by atoms with Gasteiger partial charge >= 0.3 is 27.1 Å². The summed E-state index contributed by atoms with van der Waals surface area (Å²) in [7, 11) is -8.14. The van der Waals surface area contributed by atoms with Gasteiger partial charge in [-0.2, -0.15) is 0 Å². The molecule has 0 bridgehead atoms. The van der Waals surface area contributed by atoms with E-state index >= 15 is 0 Å². The first-order valence-electron chi connectivity index (χ1n) is 10.1. The van der Waals surface area contributed by atoms with E-state index in [-0.39, 0.29) is 37.6 Å². The number of aryl methyl sites for hydroxylation is 3. The second-order valence-corrected chi connectivity index (χ2v) is 11.1. The topological polar surface area (TPSA) is 197 Å². The largest absolute Gasteiger partial charge is 0.478 e. The lowest BCUT2D eigenvalue weighted by atomic mass is 10.1. The Bertz CT molecular complexity index is 983. The smallest absolute Gasteiger partial charge is 0.341 e. The Morgan fingerprint density at radius 1 is 0.829 bits per heavy atom. The van der Waals surface area contributed by atoms with E-state index in [1.165, 1.54) is 0 Å². The van der Waals surface area contributed by atoms with Crippen molar-refractivity contribution in [2.75, 3.05) is 38.8 Å². The number of aliphatic carboxylic acids is 1. The maximum Gasteiger partial charge on any atom is 0.341 e. The summed E-state index contributed by atoms with van der Waals surface area (Å²) in [6, 6.07) is 3.82. The zero-order chi connectivity index (χ0) is 27.4. The van der Waals surface area contributed by atoms with Gasteiger partial charge in [0.25, 0.3) is 0 Å². The third kappa shape index (κ3) is 16.2. The molecule has 0 aliphatic heterocycles. The summed E-state index contributed by atoms with van der Waals surface area (Å²) in [6.07, 6.45) is -0.814. The minimum absolute atomic E-state index is 0.0880. The predicted molar refractivity (Wildman–Crippen MR) is 128 cm³/mol. The Balaban J connectivity index is 0.000000761. The Hall–Kier alpha value is -2.14. The van der Waals surface area contributed by atoms with Crippen molar-refractivity contribution in [3.05, 3.63) is 53.1 Å². The fourth-order valence-corrected chi connectivity index (χ4v) is 3.10. The van der Waals surface area contributed by atoms with Crippen molar-refractivity contribution in [1.29, 1.82) is 0 Å². The zero-order valence-corrected chi connectivity index (χ0v) is 21.6. The van der Waals surface area contributed by atoms with E-state index in [4.69, 9.17) is 34.2 Å². The van der Waals surface area contributed by atoms with Crippen LogP contribution in [0, 0.1) is 20.8 Å². The Morgan fingerprint density at radius 2 is 1.23 bits per heavy atom. The molecule has 0 fully saturated rings. The highest BCUT2D eigenvalue weighted by molar-refractivity contribution is 7.52. The molecule has 1 rings (SSSR count). The van der Waals surface area contributed by atoms with Crippen LogP contribution < -0.4 is 4.74 Å². The number of carbonyl (C=O) groups excluding carboxylic acids is 1. The zero-order valence-electron chi connectivity index (χ0n) is 19.8. The Kier molecular flexibility index (Phi) is 14.2. The standard InChI is InChI=1S/C15H21O6P.C6H11O6P/c1-10-7-11(2)14(12(3)8-10)21-15(16)13(4)9-20-5-6-22(17,18)19;1-5(6(7)8)4-12-2-3-13(9,10)11/h7-8H,4-6,9H2,1-3H3,(H2,17,18,19);1-4H2,(H,7,8)(H2,9,10,11). The van der Waals surface area contributed by atoms with Gasteiger partial charge in [-0.25, -0.2) is 9.59 Å². The third-order valence-corrected chi connectivity index (χ3v) is 5.53. The molecule has 198 valence electrons. The second-order valence-electron chi connectivity index (χ2n) is 7.51. The number of ether oxygens (including phenoxy) is 3. The number of rotatable bonds is 13. The van der Waals surface area contributed by atoms with Gasteiger partial charge in [0.1, 0.15) is 5.75 Å². The van der Waals surface area contributed by atoms with E-state index in [2.05, 4.69) is 17.9 Å². The molecule has 0 aliphatic rings. The lowest BCUT2D eigenvalue weighted by molar-refractivity contribution is -0.133. The van der Waals surface area contributed by atoms with Crippen molar-refractivity contribution in [3.8, 4) is 5.75 Å². The van der Waals surface area contributed by atoms with Gasteiger partial charge < -0.3 is 38.9 Å². The van der Waals surface area contributed by atoms with E-state index in [0.29, 0.717) is 5.75 Å². The van der Waals surface area contributed by atoms with E-state index in [0.717, 1.165) is 16.7 Å². The summed E-state index contributed by atoms with van der Waals surface area (Å²) in [4.78, 5) is 56.2. The van der Waals surface area contributed by atoms with Crippen LogP contribution in [-0.4, -0.2) is 75.4 Å². The molecule has 0 radical (unpaired) electrons. The van der Waals surface area contributed by atoms with Gasteiger partial charge in [-0.1, -0.05) is 30.9 Å². The summed E-state index contributed by atoms with van der Waals surface area (Å²) < 4.78 is 35.9. The summed E-state index contributed by atoms with van der Waals surface area (Å²) in [5.74, 6) is -1.31. The lowest BCUT2D eigenvalue weighted by Gasteiger charge is -2.13. The van der Waals surface area contributed by atoms with Crippen LogP contribution in [0.15, 0.2) is 36.4 Å². The number of carbonyl (C=O) groups is 2. The number of hydrogen-bond donors (Lipinski definition) is 5. The highest BCUT2D eigenvalue weighted by atomic mass is 31.2. The highest BCUT2D eigenvalue weighted by Gasteiger charge is 2.16. The van der Waals surface area contributed by atoms with Crippen LogP contribution in [-0.2, 0) is 28.2 Å². The minimum atomic E-state index is -4.09. The maximum absolute atomic E-state index is 11.9. The Morgan fingerprint density at radius 3 is 1.60 bits per heavy atom. The van der Waals surface area contributed by atoms with Crippen molar-refractivity contribution in [2.45, 2.75) is 20.8 Å². The molecule has 0 aromatic heterocycles. The van der Waals surface area contributed by atoms with Gasteiger partial charge in [0, 0.05) is 0 Å². The van der Waals surface area contributed by atoms with Gasteiger partial charge in [0.2, 0.25) is 0 Å². The van der Waals surface area contributed by atoms with Gasteiger partial charge in [0.15, 0.2) is 0 Å². The number of esters is 1. The second kappa shape index (κ2) is 15.1. The van der Waals surface area contributed by atoms with Crippen LogP contribution in [0.4, 0.5) is 0 Å². The molecule has 0 amide bonds. The van der Waals surface area contributed by atoms with Crippen molar-refractivity contribution < 1.29 is 57.6 Å². The first-order chi connectivity index (χ1) is 15.9. The van der Waals surface area contributed by atoms with Crippen molar-refractivity contribution in [2.24, 2.45) is 0 Å². The Labute approximate surface area is 203 Å². The summed E-state index contributed by atoms with van der Waals surface area (Å²) in [6.45, 7) is 11.7. The lowest BCUT2D eigenvalue weighted by Crippen LogP contribution is -2.16. The molecule has 5 N–H and O–H groups in total. The van der Waals surface area contributed by atoms with Gasteiger partial charge in [-0.15, -0.1) is 0 Å². The SMILES string of the molecule is C=C(COCCP(=O)(O)O)C(=O)O.C=C(COCCP(=O)(O)O)C(=O)Oc1c(C)cc(C)cc1C. The molecule has 1 aromatic rings. The van der Waals surface area contributed by atoms with E-state index in [1.54, 1.807) is 0 Å². The molecule has 0 atom stereocenters. The highest BCUT2D eigenvalue weighted by Crippen LogP contribution is 2.34. The summed E-state index contributed by atoms with van der Waals surface area (Å²) >= 11 is 0. The van der Waals surface area contributed by atoms with Crippen molar-refractivity contribution in [1.82, 2.24) is 0 Å². The number of carboxylic acid groups (broad SMARTS) is 1. The normalized spacial score (nSPS) is 11.3. The van der Waals surface area contributed by atoms with Crippen molar-refractivity contribution >= 4 is 27.1 Å². The van der Waals surface area contributed by atoms with E-state index in [1.807, 2.05) is 32.9 Å². The average molecular weight is 538 g/mol. The first kappa shape index (κ1) is 32.9. The van der Waals surface area contributed by atoms with Gasteiger partial charge in [0.05, 0.1) is 49.9 Å². The molecule has 0 spiro atoms. The van der Waals surface area contributed by atoms with Crippen LogP contribution in [0.1, 0.15) is 16.7 Å². The van der Waals surface area contributed by atoms with Gasteiger partial charge in [-0.3, -0.25) is 9.13 Å². The molecule has 12 nitrogen and oxygen atoms in total. The van der Waals surface area contributed by atoms with Crippen LogP contribution in [0.3, 0.4) is 0 Å². The molecule has 35 heavy (non-hydrogen) atoms. The molecular formula is C21H32O12P2. The molecule has 1 aromatic carbocycles. The van der Waals surface area contributed by atoms with Crippen LogP contribution in [0.25, 0.3) is 0 Å². The van der Waals surface area contributed by atoms with E-state index in [9.17, 15) is 18.7 Å².